The Bertz CT molecular complexity index is 2630. The van der Waals surface area contributed by atoms with Gasteiger partial charge in [0.25, 0.3) is 11.8 Å². The molecule has 0 unspecified atom stereocenters. The van der Waals surface area contributed by atoms with Gasteiger partial charge in [0.15, 0.2) is 0 Å². The molecule has 22 heteroatoms. The van der Waals surface area contributed by atoms with E-state index < -0.39 is 28.3 Å². The van der Waals surface area contributed by atoms with Gasteiger partial charge in [0.1, 0.15) is 11.6 Å². The predicted octanol–water partition coefficient (Wildman–Crippen LogP) is 6.48. The lowest BCUT2D eigenvalue weighted by Crippen LogP contribution is -2.55. The lowest BCUT2D eigenvalue weighted by Gasteiger charge is -2.42. The minimum atomic E-state index is -0.674. The smallest absolute Gasteiger partial charge is 0.333 e. The molecule has 2 aromatic carbocycles. The van der Waals surface area contributed by atoms with Gasteiger partial charge in [-0.25, -0.2) is 19.4 Å². The summed E-state index contributed by atoms with van der Waals surface area (Å²) in [6, 6.07) is 14.1. The number of imide groups is 1. The molecule has 8 rings (SSSR count). The van der Waals surface area contributed by atoms with E-state index in [-0.39, 0.29) is 80.3 Å². The summed E-state index contributed by atoms with van der Waals surface area (Å²) in [5.41, 5.74) is 7.06. The van der Waals surface area contributed by atoms with E-state index in [9.17, 15) is 33.6 Å². The van der Waals surface area contributed by atoms with Crippen molar-refractivity contribution < 1.29 is 47.5 Å². The van der Waals surface area contributed by atoms with Gasteiger partial charge in [0, 0.05) is 154 Å². The number of rotatable bonds is 20. The molecule has 7 amide bonds. The predicted molar refractivity (Wildman–Crippen MR) is 289 cm³/mol. The first-order valence-corrected chi connectivity index (χ1v) is 28.6. The van der Waals surface area contributed by atoms with Gasteiger partial charge in [-0.3, -0.25) is 33.9 Å². The summed E-state index contributed by atoms with van der Waals surface area (Å²) in [4.78, 5) is 105. The number of urea groups is 1. The molecule has 1 aromatic heterocycles. The van der Waals surface area contributed by atoms with Crippen LogP contribution in [0.25, 0.3) is 0 Å². The normalized spacial score (nSPS) is 20.8. The molecule has 1 aliphatic carbocycles. The number of carbonyl (C=O) groups is 7. The number of anilines is 2. The molecule has 3 saturated heterocycles. The minimum absolute atomic E-state index is 0.0195. The number of halogens is 1. The maximum absolute atomic E-state index is 15.1. The van der Waals surface area contributed by atoms with Crippen molar-refractivity contribution in [3.8, 4) is 5.75 Å². The van der Waals surface area contributed by atoms with Crippen molar-refractivity contribution in [1.82, 2.24) is 35.5 Å². The number of pyridine rings is 1. The van der Waals surface area contributed by atoms with Crippen LogP contribution in [0.5, 0.6) is 5.75 Å². The second kappa shape index (κ2) is 25.7. The molecule has 408 valence electrons. The number of carbonyl (C=O) groups excluding carboxylic acids is 7. The van der Waals surface area contributed by atoms with Crippen LogP contribution in [0.1, 0.15) is 108 Å². The number of hydrogen-bond donors (Lipinski definition) is 3. The van der Waals surface area contributed by atoms with Crippen LogP contribution in [-0.4, -0.2) is 148 Å². The first-order chi connectivity index (χ1) is 36.5. The zero-order valence-electron chi connectivity index (χ0n) is 43.7. The summed E-state index contributed by atoms with van der Waals surface area (Å²) in [5, 5.41) is 10.8. The quantitative estimate of drug-likeness (QED) is 0.0478. The Kier molecular flexibility index (Phi) is 18.9. The highest BCUT2D eigenvalue weighted by molar-refractivity contribution is 8.77. The number of piperidine rings is 1. The Morgan fingerprint density at radius 1 is 0.908 bits per heavy atom. The Morgan fingerprint density at radius 3 is 2.39 bits per heavy atom. The number of hydrazone groups is 1. The van der Waals surface area contributed by atoms with Gasteiger partial charge in [0.05, 0.1) is 18.7 Å². The maximum atomic E-state index is 15.1. The van der Waals surface area contributed by atoms with Gasteiger partial charge in [-0.1, -0.05) is 40.6 Å². The number of nitrogens with one attached hydrogen (secondary N) is 3. The minimum Gasteiger partial charge on any atom is -0.494 e. The molecule has 0 spiro atoms. The molecule has 3 atom stereocenters. The van der Waals surface area contributed by atoms with Gasteiger partial charge in [-0.2, -0.15) is 5.10 Å². The van der Waals surface area contributed by atoms with Crippen LogP contribution in [0.15, 0.2) is 66.0 Å². The van der Waals surface area contributed by atoms with E-state index in [2.05, 4.69) is 35.9 Å². The van der Waals surface area contributed by atoms with Gasteiger partial charge in [0.2, 0.25) is 17.7 Å². The molecule has 5 heterocycles. The van der Waals surface area contributed by atoms with Crippen molar-refractivity contribution in [2.24, 2.45) is 16.9 Å². The third-order valence-corrected chi connectivity index (χ3v) is 17.9. The first-order valence-electron chi connectivity index (χ1n) is 26.3. The van der Waals surface area contributed by atoms with Gasteiger partial charge < -0.3 is 34.9 Å². The SMILES string of the molecule is C[C@H]1[C@H](C(=O)Nc2ccc(CNC(=O)N3CCC(N4CCN(C(=O)CCSSC(C)(C)CC(=O)N/N=C5\CCCN(C)c6cc(OCCCC(=O)ON7C(=O)CCC7=O)ccc65)CC4)CC3)c(F)c2)[C@H]1c1cccnc1. The van der Waals surface area contributed by atoms with E-state index in [0.29, 0.717) is 79.3 Å². The third kappa shape index (κ3) is 14.8. The zero-order chi connectivity index (χ0) is 53.9. The largest absolute Gasteiger partial charge is 0.494 e. The van der Waals surface area contributed by atoms with Crippen LogP contribution in [-0.2, 0) is 40.1 Å². The standard InChI is InChI=1S/C54H69FN10O9S2/c1-35-50(37-8-5-20-56-33-37)51(35)52(71)58-38-12-11-36(42(55)30-38)34-57-53(72)64-22-17-39(18-23-64)62-24-26-63(27-25-62)46(67)19-29-75-76-54(2,3)32-45(66)60-59-43-9-6-21-61(4)44-31-40(13-14-41(43)44)73-28-7-10-49(70)74-65-47(68)15-16-48(65)69/h5,8,11-14,20,30-31,33,35,39,50-51H,6-7,9-10,15-19,21-29,32,34H2,1-4H3,(H,57,72)(H,58,71)(H,60,66)/b59-43+/t35-,50-,51+/m1/s1. The van der Waals surface area contributed by atoms with Crippen LogP contribution >= 0.6 is 21.6 Å². The summed E-state index contributed by atoms with van der Waals surface area (Å²) in [6.07, 6.45) is 7.63. The van der Waals surface area contributed by atoms with Gasteiger partial charge in [-0.15, -0.1) is 5.06 Å². The van der Waals surface area contributed by atoms with E-state index in [0.717, 1.165) is 61.4 Å². The fourth-order valence-corrected chi connectivity index (χ4v) is 12.8. The van der Waals surface area contributed by atoms with Crippen LogP contribution < -0.4 is 25.7 Å². The van der Waals surface area contributed by atoms with Crippen LogP contribution in [0.3, 0.4) is 0 Å². The van der Waals surface area contributed by atoms with Crippen molar-refractivity contribution in [2.45, 2.75) is 108 Å². The van der Waals surface area contributed by atoms with Gasteiger partial charge >= 0.3 is 12.0 Å². The summed E-state index contributed by atoms with van der Waals surface area (Å²) in [6.45, 7) is 11.1. The number of benzene rings is 2. The fourth-order valence-electron chi connectivity index (χ4n) is 10.3. The second-order valence-electron chi connectivity index (χ2n) is 20.7. The highest BCUT2D eigenvalue weighted by atomic mass is 33.1. The van der Waals surface area contributed by atoms with Crippen molar-refractivity contribution >= 4 is 80.2 Å². The number of hydroxylamine groups is 2. The number of ether oxygens (including phenoxy) is 1. The van der Waals surface area contributed by atoms with Crippen molar-refractivity contribution in [1.29, 1.82) is 0 Å². The average molecular weight is 1090 g/mol. The molecule has 76 heavy (non-hydrogen) atoms. The Balaban J connectivity index is 0.682. The molecule has 4 fully saturated rings. The molecule has 0 bridgehead atoms. The van der Waals surface area contributed by atoms with Crippen LogP contribution in [0.4, 0.5) is 20.6 Å². The van der Waals surface area contributed by atoms with Crippen molar-refractivity contribution in [3.63, 3.8) is 0 Å². The molecule has 3 N–H and O–H groups in total. The lowest BCUT2D eigenvalue weighted by molar-refractivity contribution is -0.197. The van der Waals surface area contributed by atoms with E-state index in [4.69, 9.17) is 9.57 Å². The van der Waals surface area contributed by atoms with Gasteiger partial charge in [-0.05, 0) is 87.8 Å². The first kappa shape index (κ1) is 56.0. The molecule has 0 radical (unpaired) electrons. The number of amides is 7. The summed E-state index contributed by atoms with van der Waals surface area (Å²) in [7, 11) is 5.16. The fraction of sp³-hybridized carbons (Fsp3) is 0.537. The van der Waals surface area contributed by atoms with E-state index in [1.807, 2.05) is 63.1 Å². The zero-order valence-corrected chi connectivity index (χ0v) is 45.4. The van der Waals surface area contributed by atoms with E-state index in [1.54, 1.807) is 51.0 Å². The topological polar surface area (TPSA) is 215 Å². The molecule has 3 aromatic rings. The second-order valence-corrected chi connectivity index (χ2v) is 23.8. The number of hydrogen-bond acceptors (Lipinski definition) is 15. The summed E-state index contributed by atoms with van der Waals surface area (Å²) < 4.78 is 20.6. The Labute approximate surface area is 451 Å². The molecule has 1 saturated carbocycles. The highest BCUT2D eigenvalue weighted by Gasteiger charge is 2.52. The number of nitrogens with zero attached hydrogens (tertiary/aromatic N) is 7. The van der Waals surface area contributed by atoms with Crippen molar-refractivity contribution in [2.75, 3.05) is 75.4 Å². The summed E-state index contributed by atoms with van der Waals surface area (Å²) in [5.74, 6) is -1.16. The average Bonchev–Trinajstić information content (AvgIpc) is 4.06. The van der Waals surface area contributed by atoms with E-state index >= 15 is 4.39 Å². The Morgan fingerprint density at radius 2 is 1.67 bits per heavy atom. The number of fused-ring (bicyclic) bond motifs is 1. The van der Waals surface area contributed by atoms with Crippen LogP contribution in [0, 0.1) is 17.7 Å². The maximum Gasteiger partial charge on any atom is 0.333 e. The highest BCUT2D eigenvalue weighted by Crippen LogP contribution is 2.54. The Hall–Kier alpha value is -6.26. The number of piperazine rings is 1. The van der Waals surface area contributed by atoms with Crippen LogP contribution in [0.2, 0.25) is 0 Å². The molecule has 5 aliphatic rings. The lowest BCUT2D eigenvalue weighted by atomic mass is 10.0. The summed E-state index contributed by atoms with van der Waals surface area (Å²) >= 11 is 0. The number of likely N-dealkylation sites (tertiary alicyclic amines) is 1. The molecular formula is C54H69FN10O9S2. The van der Waals surface area contributed by atoms with E-state index in [1.165, 1.54) is 6.07 Å². The van der Waals surface area contributed by atoms with Crippen molar-refractivity contribution in [3.05, 3.63) is 83.4 Å². The number of aromatic nitrogens is 1. The molecular weight excluding hydrogens is 1020 g/mol. The third-order valence-electron chi connectivity index (χ3n) is 14.6. The monoisotopic (exact) mass is 1080 g/mol. The molecule has 4 aliphatic heterocycles. The molecule has 19 nitrogen and oxygen atoms in total.